The number of hydrogen-bond acceptors (Lipinski definition) is 6. The summed E-state index contributed by atoms with van der Waals surface area (Å²) in [6.07, 6.45) is -3.23. The van der Waals surface area contributed by atoms with Crippen molar-refractivity contribution in [2.24, 2.45) is 0 Å². The first-order chi connectivity index (χ1) is 18.5. The van der Waals surface area contributed by atoms with Crippen molar-refractivity contribution in [3.8, 4) is 0 Å². The molecule has 9 nitrogen and oxygen atoms in total. The number of ether oxygens (including phenoxy) is 1. The first-order valence-corrected chi connectivity index (χ1v) is 12.8. The van der Waals surface area contributed by atoms with Crippen molar-refractivity contribution in [3.05, 3.63) is 69.2 Å². The van der Waals surface area contributed by atoms with E-state index < -0.39 is 35.1 Å². The molecule has 39 heavy (non-hydrogen) atoms. The molecule has 0 radical (unpaired) electrons. The fourth-order valence-corrected chi connectivity index (χ4v) is 5.47. The van der Waals surface area contributed by atoms with E-state index in [4.69, 9.17) is 16.3 Å². The summed E-state index contributed by atoms with van der Waals surface area (Å²) in [5.41, 5.74) is 0.366. The van der Waals surface area contributed by atoms with E-state index in [1.807, 2.05) is 0 Å². The minimum absolute atomic E-state index is 0.0149. The van der Waals surface area contributed by atoms with Crippen LogP contribution in [0.4, 0.5) is 22.8 Å². The Balaban J connectivity index is 1.33. The lowest BCUT2D eigenvalue weighted by Crippen LogP contribution is -2.50. The molecule has 5 rings (SSSR count). The number of amides is 3. The van der Waals surface area contributed by atoms with E-state index in [1.165, 1.54) is 27.9 Å². The molecular weight excluding hydrogens is 561 g/mol. The maximum absolute atomic E-state index is 13.5. The molecule has 3 heterocycles. The summed E-state index contributed by atoms with van der Waals surface area (Å²) in [5.74, 6) is -0.515. The van der Waals surface area contributed by atoms with Gasteiger partial charge in [-0.25, -0.2) is 4.79 Å². The Kier molecular flexibility index (Phi) is 7.31. The maximum Gasteiger partial charge on any atom is 0.416 e. The molecule has 0 aliphatic carbocycles. The van der Waals surface area contributed by atoms with E-state index in [1.54, 1.807) is 24.3 Å². The summed E-state index contributed by atoms with van der Waals surface area (Å²) in [5, 5.41) is 13.6. The molecule has 2 saturated heterocycles. The molecular formula is C25H20ClF3N4O5S. The Morgan fingerprint density at radius 2 is 2.03 bits per heavy atom. The molecule has 0 saturated carbocycles. The second-order valence-electron chi connectivity index (χ2n) is 8.93. The third-order valence-electron chi connectivity index (χ3n) is 6.33. The van der Waals surface area contributed by atoms with Crippen LogP contribution < -0.4 is 0 Å². The monoisotopic (exact) mass is 580 g/mol. The number of aromatic nitrogens is 2. The summed E-state index contributed by atoms with van der Waals surface area (Å²) in [6, 6.07) is 8.67. The number of nitrogens with zero attached hydrogens (tertiary/aromatic N) is 4. The van der Waals surface area contributed by atoms with Gasteiger partial charge in [0.05, 0.1) is 54.5 Å². The molecule has 2 aromatic carbocycles. The maximum atomic E-state index is 13.5. The molecule has 204 valence electrons. The summed E-state index contributed by atoms with van der Waals surface area (Å²) in [6.45, 7) is 0.248. The molecule has 2 aliphatic heterocycles. The molecule has 14 heteroatoms. The summed E-state index contributed by atoms with van der Waals surface area (Å²) in [7, 11) is 0. The molecule has 3 amide bonds. The number of fused-ring (bicyclic) bond motifs is 1. The van der Waals surface area contributed by atoms with E-state index >= 15 is 0 Å². The highest BCUT2D eigenvalue weighted by molar-refractivity contribution is 8.18. The van der Waals surface area contributed by atoms with Crippen LogP contribution in [0.3, 0.4) is 0 Å². The predicted octanol–water partition coefficient (Wildman–Crippen LogP) is 5.17. The number of thioether (sulfide) groups is 1. The van der Waals surface area contributed by atoms with Gasteiger partial charge in [-0.2, -0.15) is 18.3 Å². The third-order valence-corrected chi connectivity index (χ3v) is 7.47. The minimum Gasteiger partial charge on any atom is -0.465 e. The Bertz CT molecular complexity index is 1510. The molecule has 3 aromatic rings. The van der Waals surface area contributed by atoms with Gasteiger partial charge in [0.1, 0.15) is 0 Å². The Labute approximate surface area is 228 Å². The Morgan fingerprint density at radius 1 is 1.23 bits per heavy atom. The van der Waals surface area contributed by atoms with Crippen LogP contribution in [-0.2, 0) is 22.3 Å². The Hall–Kier alpha value is -3.55. The second-order valence-corrected chi connectivity index (χ2v) is 10.4. The van der Waals surface area contributed by atoms with Crippen LogP contribution >= 0.6 is 23.4 Å². The fourth-order valence-electron chi connectivity index (χ4n) is 4.45. The van der Waals surface area contributed by atoms with Crippen LogP contribution in [0, 0.1) is 0 Å². The van der Waals surface area contributed by atoms with Crippen LogP contribution in [0.2, 0.25) is 5.02 Å². The van der Waals surface area contributed by atoms with Crippen LogP contribution in [0.5, 0.6) is 0 Å². The van der Waals surface area contributed by atoms with E-state index in [9.17, 15) is 32.7 Å². The van der Waals surface area contributed by atoms with Crippen LogP contribution in [0.15, 0.2) is 47.5 Å². The third kappa shape index (κ3) is 5.75. The van der Waals surface area contributed by atoms with Crippen molar-refractivity contribution in [2.45, 2.75) is 18.8 Å². The highest BCUT2D eigenvalue weighted by Crippen LogP contribution is 2.35. The van der Waals surface area contributed by atoms with Crippen LogP contribution in [0.1, 0.15) is 16.7 Å². The van der Waals surface area contributed by atoms with Gasteiger partial charge in [-0.3, -0.25) is 19.2 Å². The van der Waals surface area contributed by atoms with E-state index in [2.05, 4.69) is 5.10 Å². The minimum atomic E-state index is -4.57. The van der Waals surface area contributed by atoms with Gasteiger partial charge in [0, 0.05) is 17.0 Å². The second kappa shape index (κ2) is 10.5. The molecule has 0 bridgehead atoms. The average Bonchev–Trinajstić information content (AvgIpc) is 3.39. The summed E-state index contributed by atoms with van der Waals surface area (Å²) < 4.78 is 47.5. The number of carboxylic acid groups (broad SMARTS) is 1. The van der Waals surface area contributed by atoms with Crippen molar-refractivity contribution in [1.82, 2.24) is 19.6 Å². The van der Waals surface area contributed by atoms with E-state index in [-0.39, 0.29) is 48.3 Å². The molecule has 0 unspecified atom stereocenters. The molecule has 1 N–H and O–H groups in total. The van der Waals surface area contributed by atoms with E-state index in [0.29, 0.717) is 16.5 Å². The summed E-state index contributed by atoms with van der Waals surface area (Å²) >= 11 is 6.54. The first-order valence-electron chi connectivity index (χ1n) is 11.7. The van der Waals surface area contributed by atoms with Crippen molar-refractivity contribution in [1.29, 1.82) is 0 Å². The van der Waals surface area contributed by atoms with Gasteiger partial charge in [0.25, 0.3) is 11.1 Å². The number of carbonyl (C=O) groups is 3. The number of halogens is 4. The quantitative estimate of drug-likeness (QED) is 0.415. The molecule has 0 spiro atoms. The van der Waals surface area contributed by atoms with Gasteiger partial charge >= 0.3 is 12.3 Å². The first kappa shape index (κ1) is 27.0. The molecule has 2 aliphatic rings. The molecule has 1 atom stereocenters. The van der Waals surface area contributed by atoms with Crippen LogP contribution in [0.25, 0.3) is 17.0 Å². The zero-order valence-corrected chi connectivity index (χ0v) is 21.6. The van der Waals surface area contributed by atoms with Crippen molar-refractivity contribution < 1.29 is 37.4 Å². The van der Waals surface area contributed by atoms with Crippen molar-refractivity contribution in [3.63, 3.8) is 0 Å². The standard InChI is InChI=1S/C25H20ClF3N4O5S/c26-17-3-2-15(19(9-17)25(27,28)29)11-33-20-4-1-14(7-16(20)10-30-33)8-21-22(34)32(24(37)39-21)13-18-12-31(23(35)36)5-6-38-18/h1-4,7-10,18H,5-6,11-13H2,(H,35,36)/b21-8-/t18-/m0/s1. The van der Waals surface area contributed by atoms with Crippen molar-refractivity contribution >= 4 is 57.6 Å². The van der Waals surface area contributed by atoms with E-state index in [0.717, 1.165) is 22.7 Å². The molecule has 1 aromatic heterocycles. The number of alkyl halides is 3. The SMILES string of the molecule is O=C(O)N1CCO[C@H](CN2C(=O)S/C(=C\c3ccc4c(cnn4Cc4ccc(Cl)cc4C(F)(F)F)c3)C2=O)C1. The van der Waals surface area contributed by atoms with Crippen molar-refractivity contribution in [2.75, 3.05) is 26.2 Å². The number of benzene rings is 2. The number of rotatable bonds is 5. The van der Waals surface area contributed by atoms with Gasteiger partial charge in [0.15, 0.2) is 0 Å². The number of carbonyl (C=O) groups excluding carboxylic acids is 2. The van der Waals surface area contributed by atoms with Gasteiger partial charge in [-0.1, -0.05) is 23.7 Å². The summed E-state index contributed by atoms with van der Waals surface area (Å²) in [4.78, 5) is 39.1. The lowest BCUT2D eigenvalue weighted by molar-refractivity contribution is -0.138. The number of morpholine rings is 1. The smallest absolute Gasteiger partial charge is 0.416 e. The Morgan fingerprint density at radius 3 is 2.77 bits per heavy atom. The lowest BCUT2D eigenvalue weighted by Gasteiger charge is -2.32. The highest BCUT2D eigenvalue weighted by Gasteiger charge is 2.38. The fraction of sp³-hybridized carbons (Fsp3) is 0.280. The zero-order valence-electron chi connectivity index (χ0n) is 20.0. The number of hydrogen-bond donors (Lipinski definition) is 1. The van der Waals surface area contributed by atoms with Gasteiger partial charge in [0.2, 0.25) is 0 Å². The number of imide groups is 1. The van der Waals surface area contributed by atoms with Crippen LogP contribution in [-0.4, -0.2) is 74.3 Å². The predicted molar refractivity (Wildman–Crippen MR) is 137 cm³/mol. The van der Waals surface area contributed by atoms with Gasteiger partial charge in [-0.05, 0) is 53.2 Å². The lowest BCUT2D eigenvalue weighted by atomic mass is 10.1. The van der Waals surface area contributed by atoms with Gasteiger partial charge < -0.3 is 14.7 Å². The highest BCUT2D eigenvalue weighted by atomic mass is 35.5. The van der Waals surface area contributed by atoms with Gasteiger partial charge in [-0.15, -0.1) is 0 Å². The topological polar surface area (TPSA) is 105 Å². The zero-order chi connectivity index (χ0) is 27.9. The average molecular weight is 581 g/mol. The molecule has 2 fully saturated rings. The largest absolute Gasteiger partial charge is 0.465 e. The normalized spacial score (nSPS) is 19.5.